The summed E-state index contributed by atoms with van der Waals surface area (Å²) in [6.45, 7) is 1.67. The molecule has 2 amide bonds. The molecule has 1 aromatic carbocycles. The van der Waals surface area contributed by atoms with Crippen molar-refractivity contribution in [1.29, 1.82) is 0 Å². The summed E-state index contributed by atoms with van der Waals surface area (Å²) in [5.74, 6) is -2.08. The first-order valence-corrected chi connectivity index (χ1v) is 7.58. The van der Waals surface area contributed by atoms with Crippen LogP contribution in [0.5, 0.6) is 0 Å². The molecular weight excluding hydrogens is 344 g/mol. The zero-order valence-electron chi connectivity index (χ0n) is 13.8. The summed E-state index contributed by atoms with van der Waals surface area (Å²) in [4.78, 5) is 27.1. The minimum Gasteiger partial charge on any atom is -0.383 e. The molecule has 138 valence electrons. The van der Waals surface area contributed by atoms with E-state index in [-0.39, 0.29) is 43.6 Å². The van der Waals surface area contributed by atoms with E-state index < -0.39 is 23.6 Å². The maximum absolute atomic E-state index is 13.4. The molecule has 5 nitrogen and oxygen atoms in total. The normalized spacial score (nSPS) is 18.9. The van der Waals surface area contributed by atoms with Gasteiger partial charge in [0.05, 0.1) is 18.7 Å². The van der Waals surface area contributed by atoms with E-state index in [1.165, 1.54) is 29.9 Å². The van der Waals surface area contributed by atoms with Crippen LogP contribution >= 0.6 is 0 Å². The molecule has 1 aliphatic rings. The molecule has 1 atom stereocenters. The molecular formula is C16H18F4N2O3. The second-order valence-electron chi connectivity index (χ2n) is 5.76. The van der Waals surface area contributed by atoms with Crippen LogP contribution in [0.2, 0.25) is 0 Å². The fourth-order valence-electron chi connectivity index (χ4n) is 2.65. The summed E-state index contributed by atoms with van der Waals surface area (Å²) in [5.41, 5.74) is -1.29. The lowest BCUT2D eigenvalue weighted by Crippen LogP contribution is -2.58. The number of halogens is 4. The Morgan fingerprint density at radius 1 is 1.28 bits per heavy atom. The maximum atomic E-state index is 13.4. The lowest BCUT2D eigenvalue weighted by atomic mass is 10.1. The average Bonchev–Trinajstić information content (AvgIpc) is 2.54. The van der Waals surface area contributed by atoms with E-state index in [1.807, 2.05) is 0 Å². The zero-order valence-corrected chi connectivity index (χ0v) is 13.8. The maximum Gasteiger partial charge on any atom is 0.419 e. The standard InChI is InChI=1S/C16H18F4N2O3/c1-10-15(24)21(5-6-25-2)9-14(23)22(10)8-11-3-4-13(17)12(7-11)16(18,19)20/h3-4,7,10H,5-6,8-9H2,1-2H3/t10-/m0/s1. The van der Waals surface area contributed by atoms with Crippen molar-refractivity contribution < 1.29 is 31.9 Å². The van der Waals surface area contributed by atoms with E-state index in [9.17, 15) is 27.2 Å². The number of amides is 2. The van der Waals surface area contributed by atoms with Gasteiger partial charge in [-0.1, -0.05) is 6.07 Å². The van der Waals surface area contributed by atoms with E-state index >= 15 is 0 Å². The summed E-state index contributed by atoms with van der Waals surface area (Å²) in [6, 6.07) is 1.73. The highest BCUT2D eigenvalue weighted by Gasteiger charge is 2.37. The lowest BCUT2D eigenvalue weighted by Gasteiger charge is -2.38. The van der Waals surface area contributed by atoms with Crippen molar-refractivity contribution in [2.45, 2.75) is 25.7 Å². The van der Waals surface area contributed by atoms with E-state index in [2.05, 4.69) is 0 Å². The van der Waals surface area contributed by atoms with Gasteiger partial charge in [0.1, 0.15) is 11.9 Å². The van der Waals surface area contributed by atoms with Crippen LogP contribution in [0, 0.1) is 5.82 Å². The summed E-state index contributed by atoms with van der Waals surface area (Å²) in [5, 5.41) is 0. The molecule has 1 fully saturated rings. The third-order valence-corrected chi connectivity index (χ3v) is 4.04. The van der Waals surface area contributed by atoms with Gasteiger partial charge < -0.3 is 14.5 Å². The predicted molar refractivity (Wildman–Crippen MR) is 79.9 cm³/mol. The van der Waals surface area contributed by atoms with Gasteiger partial charge >= 0.3 is 6.18 Å². The molecule has 0 spiro atoms. The van der Waals surface area contributed by atoms with Gasteiger partial charge in [0, 0.05) is 20.2 Å². The highest BCUT2D eigenvalue weighted by atomic mass is 19.4. The lowest BCUT2D eigenvalue weighted by molar-refractivity contribution is -0.156. The van der Waals surface area contributed by atoms with Gasteiger partial charge in [0.15, 0.2) is 0 Å². The Morgan fingerprint density at radius 2 is 1.96 bits per heavy atom. The third-order valence-electron chi connectivity index (χ3n) is 4.04. The van der Waals surface area contributed by atoms with Crippen molar-refractivity contribution >= 4 is 11.8 Å². The second-order valence-corrected chi connectivity index (χ2v) is 5.76. The van der Waals surface area contributed by atoms with Gasteiger partial charge in [-0.05, 0) is 24.6 Å². The van der Waals surface area contributed by atoms with Crippen LogP contribution in [0.1, 0.15) is 18.1 Å². The van der Waals surface area contributed by atoms with Crippen LogP contribution in [0.25, 0.3) is 0 Å². The van der Waals surface area contributed by atoms with Crippen LogP contribution in [0.15, 0.2) is 18.2 Å². The van der Waals surface area contributed by atoms with Crippen molar-refractivity contribution in [2.24, 2.45) is 0 Å². The van der Waals surface area contributed by atoms with Crippen LogP contribution in [0.4, 0.5) is 17.6 Å². The Bertz CT molecular complexity index is 663. The van der Waals surface area contributed by atoms with Gasteiger partial charge in [-0.3, -0.25) is 9.59 Å². The molecule has 1 aromatic rings. The number of carbonyl (C=O) groups is 2. The summed E-state index contributed by atoms with van der Waals surface area (Å²) in [7, 11) is 1.47. The SMILES string of the molecule is COCCN1CC(=O)N(Cc2ccc(F)c(C(F)(F)F)c2)[C@@H](C)C1=O. The van der Waals surface area contributed by atoms with Gasteiger partial charge in [-0.15, -0.1) is 0 Å². The van der Waals surface area contributed by atoms with Crippen LogP contribution in [-0.4, -0.2) is 54.5 Å². The Labute approximate surface area is 142 Å². The van der Waals surface area contributed by atoms with Crippen molar-refractivity contribution in [3.63, 3.8) is 0 Å². The van der Waals surface area contributed by atoms with Crippen molar-refractivity contribution in [3.8, 4) is 0 Å². The monoisotopic (exact) mass is 362 g/mol. The number of carbonyl (C=O) groups excluding carboxylic acids is 2. The number of benzene rings is 1. The minimum absolute atomic E-state index is 0.104. The van der Waals surface area contributed by atoms with Gasteiger partial charge in [0.2, 0.25) is 11.8 Å². The van der Waals surface area contributed by atoms with Crippen molar-refractivity contribution in [1.82, 2.24) is 9.80 Å². The van der Waals surface area contributed by atoms with E-state index in [1.54, 1.807) is 0 Å². The van der Waals surface area contributed by atoms with Crippen LogP contribution in [0.3, 0.4) is 0 Å². The van der Waals surface area contributed by atoms with Gasteiger partial charge in [0.25, 0.3) is 0 Å². The van der Waals surface area contributed by atoms with E-state index in [0.717, 1.165) is 0 Å². The first-order valence-electron chi connectivity index (χ1n) is 7.58. The Kier molecular flexibility index (Phi) is 5.66. The molecule has 0 unspecified atom stereocenters. The fourth-order valence-corrected chi connectivity index (χ4v) is 2.65. The smallest absolute Gasteiger partial charge is 0.383 e. The largest absolute Gasteiger partial charge is 0.419 e. The molecule has 2 rings (SSSR count). The fraction of sp³-hybridized carbons (Fsp3) is 0.500. The number of hydrogen-bond acceptors (Lipinski definition) is 3. The molecule has 0 radical (unpaired) electrons. The molecule has 25 heavy (non-hydrogen) atoms. The number of methoxy groups -OCH3 is 1. The molecule has 0 aromatic heterocycles. The molecule has 0 bridgehead atoms. The number of hydrogen-bond donors (Lipinski definition) is 0. The summed E-state index contributed by atoms with van der Waals surface area (Å²) >= 11 is 0. The highest BCUT2D eigenvalue weighted by molar-refractivity contribution is 5.94. The minimum atomic E-state index is -4.83. The van der Waals surface area contributed by atoms with Crippen LogP contribution in [-0.2, 0) is 27.0 Å². The van der Waals surface area contributed by atoms with Crippen molar-refractivity contribution in [2.75, 3.05) is 26.8 Å². The molecule has 1 heterocycles. The number of piperazine rings is 1. The van der Waals surface area contributed by atoms with Crippen molar-refractivity contribution in [3.05, 3.63) is 35.1 Å². The summed E-state index contributed by atoms with van der Waals surface area (Å²) < 4.78 is 56.6. The summed E-state index contributed by atoms with van der Waals surface area (Å²) in [6.07, 6.45) is -4.83. The topological polar surface area (TPSA) is 49.9 Å². The van der Waals surface area contributed by atoms with Gasteiger partial charge in [-0.2, -0.15) is 13.2 Å². The average molecular weight is 362 g/mol. The molecule has 1 saturated heterocycles. The quantitative estimate of drug-likeness (QED) is 0.754. The molecule has 0 N–H and O–H groups in total. The second kappa shape index (κ2) is 7.38. The molecule has 9 heteroatoms. The first-order chi connectivity index (χ1) is 11.6. The number of ether oxygens (including phenoxy) is 1. The Morgan fingerprint density at radius 3 is 2.56 bits per heavy atom. The third kappa shape index (κ3) is 4.28. The number of alkyl halides is 3. The van der Waals surface area contributed by atoms with E-state index in [4.69, 9.17) is 4.74 Å². The molecule has 0 aliphatic carbocycles. The highest BCUT2D eigenvalue weighted by Crippen LogP contribution is 2.32. The number of rotatable bonds is 5. The van der Waals surface area contributed by atoms with Crippen LogP contribution < -0.4 is 0 Å². The predicted octanol–water partition coefficient (Wildman–Crippen LogP) is 2.05. The Balaban J connectivity index is 2.18. The molecule has 0 saturated carbocycles. The van der Waals surface area contributed by atoms with Gasteiger partial charge in [-0.25, -0.2) is 4.39 Å². The first kappa shape index (κ1) is 19.2. The zero-order chi connectivity index (χ0) is 18.8. The number of nitrogens with zero attached hydrogens (tertiary/aromatic N) is 2. The van der Waals surface area contributed by atoms with E-state index in [0.29, 0.717) is 12.1 Å². The molecule has 1 aliphatic heterocycles. The Hall–Kier alpha value is -2.16.